The minimum atomic E-state index is -0.319. The topological polar surface area (TPSA) is 117 Å². The van der Waals surface area contributed by atoms with Gasteiger partial charge in [0, 0.05) is 30.5 Å². The summed E-state index contributed by atoms with van der Waals surface area (Å²) in [5.74, 6) is 1.21. The Kier molecular flexibility index (Phi) is 7.70. The van der Waals surface area contributed by atoms with Crippen LogP contribution < -0.4 is 26.6 Å². The molecule has 1 aromatic carbocycles. The Hall–Kier alpha value is -3.23. The Morgan fingerprint density at radius 1 is 1.18 bits per heavy atom. The zero-order valence-corrected chi connectivity index (χ0v) is 19.3. The number of carbonyl (C=O) groups is 1. The SMILES string of the molecule is CCCCOC(=O)NC1CCN(c2ccc(Nc3ncc(N)c(NC4CCCC4)n3)cc2)C1. The highest BCUT2D eigenvalue weighted by molar-refractivity contribution is 5.68. The molecule has 1 aliphatic carbocycles. The first-order chi connectivity index (χ1) is 16.1. The number of unbranched alkanes of at least 4 members (excludes halogenated alkanes) is 1. The quantitative estimate of drug-likeness (QED) is 0.416. The summed E-state index contributed by atoms with van der Waals surface area (Å²) in [6.07, 6.45) is 8.93. The second-order valence-corrected chi connectivity index (χ2v) is 8.86. The Balaban J connectivity index is 1.29. The number of alkyl carbamates (subject to hydrolysis) is 1. The summed E-state index contributed by atoms with van der Waals surface area (Å²) in [5.41, 5.74) is 8.65. The van der Waals surface area contributed by atoms with E-state index in [1.807, 2.05) is 12.1 Å². The highest BCUT2D eigenvalue weighted by atomic mass is 16.5. The van der Waals surface area contributed by atoms with Crippen LogP contribution in [0.1, 0.15) is 51.9 Å². The summed E-state index contributed by atoms with van der Waals surface area (Å²) in [6, 6.07) is 8.70. The monoisotopic (exact) mass is 453 g/mol. The fraction of sp³-hybridized carbons (Fsp3) is 0.542. The van der Waals surface area contributed by atoms with Crippen LogP contribution >= 0.6 is 0 Å². The van der Waals surface area contributed by atoms with Gasteiger partial charge < -0.3 is 31.3 Å². The van der Waals surface area contributed by atoms with Gasteiger partial charge in [-0.1, -0.05) is 26.2 Å². The van der Waals surface area contributed by atoms with Gasteiger partial charge >= 0.3 is 6.09 Å². The Bertz CT molecular complexity index is 916. The highest BCUT2D eigenvalue weighted by Crippen LogP contribution is 2.27. The van der Waals surface area contributed by atoms with Crippen molar-refractivity contribution in [2.45, 2.75) is 64.0 Å². The number of nitrogens with one attached hydrogen (secondary N) is 3. The van der Waals surface area contributed by atoms with E-state index < -0.39 is 0 Å². The maximum Gasteiger partial charge on any atom is 0.407 e. The average molecular weight is 454 g/mol. The lowest BCUT2D eigenvalue weighted by Gasteiger charge is -2.19. The smallest absolute Gasteiger partial charge is 0.407 e. The molecule has 1 aliphatic heterocycles. The van der Waals surface area contributed by atoms with E-state index in [2.05, 4.69) is 49.9 Å². The van der Waals surface area contributed by atoms with Crippen LogP contribution in [-0.2, 0) is 4.74 Å². The summed E-state index contributed by atoms with van der Waals surface area (Å²) in [6.45, 7) is 4.21. The molecule has 9 nitrogen and oxygen atoms in total. The van der Waals surface area contributed by atoms with Crippen LogP contribution in [0.5, 0.6) is 0 Å². The van der Waals surface area contributed by atoms with E-state index in [1.54, 1.807) is 6.20 Å². The van der Waals surface area contributed by atoms with Gasteiger partial charge in [0.25, 0.3) is 0 Å². The van der Waals surface area contributed by atoms with Gasteiger partial charge in [-0.05, 0) is 49.9 Å². The molecule has 33 heavy (non-hydrogen) atoms. The molecule has 1 amide bonds. The molecule has 5 N–H and O–H groups in total. The van der Waals surface area contributed by atoms with E-state index in [9.17, 15) is 4.79 Å². The van der Waals surface area contributed by atoms with Crippen molar-refractivity contribution in [3.05, 3.63) is 30.5 Å². The Morgan fingerprint density at radius 2 is 1.97 bits per heavy atom. The molecule has 1 atom stereocenters. The number of benzene rings is 1. The molecule has 2 heterocycles. The standard InChI is InChI=1S/C24H35N7O2/c1-2-3-14-33-24(32)29-19-12-13-31(16-19)20-10-8-18(9-11-20)28-23-26-15-21(25)22(30-23)27-17-6-4-5-7-17/h8-11,15,17,19H,2-7,12-14,16,25H2,1H3,(H,29,32)(H2,26,27,28,30). The Morgan fingerprint density at radius 3 is 2.73 bits per heavy atom. The summed E-state index contributed by atoms with van der Waals surface area (Å²) in [7, 11) is 0. The lowest BCUT2D eigenvalue weighted by Crippen LogP contribution is -2.37. The van der Waals surface area contributed by atoms with Crippen LogP contribution in [0.2, 0.25) is 0 Å². The van der Waals surface area contributed by atoms with Crippen molar-refractivity contribution in [2.75, 3.05) is 41.0 Å². The molecule has 4 rings (SSSR count). The van der Waals surface area contributed by atoms with Crippen molar-refractivity contribution in [2.24, 2.45) is 0 Å². The number of nitrogen functional groups attached to an aromatic ring is 1. The molecule has 1 unspecified atom stereocenters. The number of anilines is 5. The third-order valence-corrected chi connectivity index (χ3v) is 6.24. The van der Waals surface area contributed by atoms with Crippen LogP contribution in [0.15, 0.2) is 30.5 Å². The maximum atomic E-state index is 11.9. The average Bonchev–Trinajstić information content (AvgIpc) is 3.49. The number of nitrogens with zero attached hydrogens (tertiary/aromatic N) is 3. The number of amides is 1. The number of hydrogen-bond donors (Lipinski definition) is 4. The molecule has 2 fully saturated rings. The van der Waals surface area contributed by atoms with E-state index in [4.69, 9.17) is 10.5 Å². The van der Waals surface area contributed by atoms with Crippen LogP contribution in [0.25, 0.3) is 0 Å². The minimum absolute atomic E-state index is 0.103. The summed E-state index contributed by atoms with van der Waals surface area (Å²) in [5, 5.41) is 9.68. The molecule has 9 heteroatoms. The van der Waals surface area contributed by atoms with Crippen molar-refractivity contribution >= 4 is 34.9 Å². The van der Waals surface area contributed by atoms with Gasteiger partial charge in [-0.15, -0.1) is 0 Å². The van der Waals surface area contributed by atoms with Crippen molar-refractivity contribution in [3.63, 3.8) is 0 Å². The highest BCUT2D eigenvalue weighted by Gasteiger charge is 2.24. The second kappa shape index (κ2) is 11.1. The van der Waals surface area contributed by atoms with Crippen LogP contribution in [0.3, 0.4) is 0 Å². The summed E-state index contributed by atoms with van der Waals surface area (Å²) in [4.78, 5) is 23.1. The zero-order valence-electron chi connectivity index (χ0n) is 19.3. The molecule has 0 spiro atoms. The fourth-order valence-electron chi connectivity index (χ4n) is 4.35. The summed E-state index contributed by atoms with van der Waals surface area (Å²) >= 11 is 0. The zero-order chi connectivity index (χ0) is 23.0. The van der Waals surface area contributed by atoms with Gasteiger partial charge in [0.05, 0.1) is 24.5 Å². The number of nitrogens with two attached hydrogens (primary N) is 1. The van der Waals surface area contributed by atoms with E-state index in [-0.39, 0.29) is 12.1 Å². The predicted octanol–water partition coefficient (Wildman–Crippen LogP) is 4.26. The third-order valence-electron chi connectivity index (χ3n) is 6.24. The first kappa shape index (κ1) is 22.9. The molecular weight excluding hydrogens is 418 g/mol. The van der Waals surface area contributed by atoms with Crippen LogP contribution in [0.4, 0.5) is 33.6 Å². The lowest BCUT2D eigenvalue weighted by molar-refractivity contribution is 0.141. The Labute approximate surface area is 195 Å². The van der Waals surface area contributed by atoms with E-state index in [1.165, 1.54) is 12.8 Å². The van der Waals surface area contributed by atoms with Gasteiger partial charge in [0.15, 0.2) is 5.82 Å². The third kappa shape index (κ3) is 6.40. The molecule has 1 saturated heterocycles. The maximum absolute atomic E-state index is 11.9. The van der Waals surface area contributed by atoms with Crippen LogP contribution in [-0.4, -0.2) is 47.8 Å². The van der Waals surface area contributed by atoms with E-state index in [0.29, 0.717) is 30.1 Å². The molecular formula is C24H35N7O2. The first-order valence-electron chi connectivity index (χ1n) is 12.0. The molecule has 1 aromatic heterocycles. The molecule has 0 radical (unpaired) electrons. The van der Waals surface area contributed by atoms with E-state index in [0.717, 1.165) is 56.6 Å². The van der Waals surface area contributed by atoms with Crippen molar-refractivity contribution < 1.29 is 9.53 Å². The van der Waals surface area contributed by atoms with Crippen molar-refractivity contribution in [1.82, 2.24) is 15.3 Å². The van der Waals surface area contributed by atoms with Crippen molar-refractivity contribution in [3.8, 4) is 0 Å². The molecule has 2 aliphatic rings. The van der Waals surface area contributed by atoms with Gasteiger partial charge in [0.2, 0.25) is 5.95 Å². The van der Waals surface area contributed by atoms with Gasteiger partial charge in [-0.25, -0.2) is 9.78 Å². The largest absolute Gasteiger partial charge is 0.450 e. The summed E-state index contributed by atoms with van der Waals surface area (Å²) < 4.78 is 5.21. The number of hydrogen-bond acceptors (Lipinski definition) is 8. The number of ether oxygens (including phenoxy) is 1. The van der Waals surface area contributed by atoms with Gasteiger partial charge in [-0.2, -0.15) is 4.98 Å². The number of aromatic nitrogens is 2. The van der Waals surface area contributed by atoms with Crippen LogP contribution in [0, 0.1) is 0 Å². The molecule has 1 saturated carbocycles. The van der Waals surface area contributed by atoms with Crippen molar-refractivity contribution in [1.29, 1.82) is 0 Å². The van der Waals surface area contributed by atoms with E-state index >= 15 is 0 Å². The number of carbonyl (C=O) groups excluding carboxylic acids is 1. The van der Waals surface area contributed by atoms with Gasteiger partial charge in [-0.3, -0.25) is 0 Å². The minimum Gasteiger partial charge on any atom is -0.450 e. The van der Waals surface area contributed by atoms with Gasteiger partial charge in [0.1, 0.15) is 0 Å². The predicted molar refractivity (Wildman–Crippen MR) is 132 cm³/mol. The molecule has 0 bridgehead atoms. The second-order valence-electron chi connectivity index (χ2n) is 8.86. The molecule has 178 valence electrons. The lowest BCUT2D eigenvalue weighted by atomic mass is 10.2. The normalized spacial score (nSPS) is 18.3. The first-order valence-corrected chi connectivity index (χ1v) is 12.0. The fourth-order valence-corrected chi connectivity index (χ4v) is 4.35. The number of rotatable bonds is 9. The molecule has 2 aromatic rings.